The van der Waals surface area contributed by atoms with Crippen molar-refractivity contribution in [3.8, 4) is 0 Å². The average Bonchev–Trinajstić information content (AvgIpc) is 2.14. The highest BCUT2D eigenvalue weighted by atomic mass is 16.5. The molecule has 0 rings (SSSR count). The van der Waals surface area contributed by atoms with Crippen molar-refractivity contribution in [2.45, 2.75) is 39.7 Å². The molecule has 0 fully saturated rings. The van der Waals surface area contributed by atoms with Gasteiger partial charge in [0, 0.05) is 12.6 Å². The van der Waals surface area contributed by atoms with Gasteiger partial charge >= 0.3 is 0 Å². The number of nitrogens with one attached hydrogen (secondary N) is 1. The molecule has 85 valence electrons. The van der Waals surface area contributed by atoms with Gasteiger partial charge in [-0.15, -0.1) is 0 Å². The summed E-state index contributed by atoms with van der Waals surface area (Å²) >= 11 is 0. The first-order valence-corrected chi connectivity index (χ1v) is 5.56. The Bertz CT molecular complexity index is 118. The van der Waals surface area contributed by atoms with Crippen molar-refractivity contribution in [2.24, 2.45) is 5.92 Å². The lowest BCUT2D eigenvalue weighted by molar-refractivity contribution is 0.102. The van der Waals surface area contributed by atoms with Crippen LogP contribution >= 0.6 is 0 Å². The van der Waals surface area contributed by atoms with E-state index in [1.165, 1.54) is 0 Å². The molecule has 0 aromatic carbocycles. The molecule has 0 spiro atoms. The summed E-state index contributed by atoms with van der Waals surface area (Å²) in [5, 5.41) is 13.5. The third kappa shape index (κ3) is 9.96. The molecular formula is C11H24NO2. The summed E-state index contributed by atoms with van der Waals surface area (Å²) in [6, 6.07) is 0.407. The maximum atomic E-state index is 10.1. The van der Waals surface area contributed by atoms with E-state index in [4.69, 9.17) is 4.74 Å². The second kappa shape index (κ2) is 9.44. The van der Waals surface area contributed by atoms with Crippen molar-refractivity contribution < 1.29 is 9.84 Å². The molecule has 0 amide bonds. The predicted molar refractivity (Wildman–Crippen MR) is 57.9 cm³/mol. The third-order valence-corrected chi connectivity index (χ3v) is 1.93. The van der Waals surface area contributed by atoms with Crippen LogP contribution in [0.25, 0.3) is 0 Å². The fourth-order valence-electron chi connectivity index (χ4n) is 1.06. The maximum Gasteiger partial charge on any atom is 0.0823 e. The Morgan fingerprint density at radius 3 is 2.50 bits per heavy atom. The Hall–Kier alpha value is -0.120. The number of hydrogen-bond donors (Lipinski definition) is 1. The summed E-state index contributed by atoms with van der Waals surface area (Å²) in [4.78, 5) is 0. The fourth-order valence-corrected chi connectivity index (χ4v) is 1.06. The second-order valence-corrected chi connectivity index (χ2v) is 4.19. The van der Waals surface area contributed by atoms with Gasteiger partial charge in [-0.05, 0) is 32.2 Å². The van der Waals surface area contributed by atoms with Gasteiger partial charge in [0.15, 0.2) is 0 Å². The minimum Gasteiger partial charge on any atom is -0.380 e. The molecule has 3 nitrogen and oxygen atoms in total. The molecular weight excluding hydrogens is 178 g/mol. The Kier molecular flexibility index (Phi) is 9.35. The topological polar surface area (TPSA) is 41.2 Å². The molecule has 3 heteroatoms. The van der Waals surface area contributed by atoms with Gasteiger partial charge in [0.05, 0.1) is 13.2 Å². The molecule has 0 aromatic rings. The molecule has 0 saturated heterocycles. The van der Waals surface area contributed by atoms with Gasteiger partial charge in [-0.1, -0.05) is 13.8 Å². The van der Waals surface area contributed by atoms with Crippen LogP contribution in [0.2, 0.25) is 0 Å². The molecule has 14 heavy (non-hydrogen) atoms. The van der Waals surface area contributed by atoms with Crippen LogP contribution in [0.15, 0.2) is 0 Å². The molecule has 1 unspecified atom stereocenters. The van der Waals surface area contributed by atoms with Crippen LogP contribution in [-0.2, 0) is 9.84 Å². The largest absolute Gasteiger partial charge is 0.380 e. The molecule has 0 saturated carbocycles. The Balaban J connectivity index is 3.14. The van der Waals surface area contributed by atoms with E-state index in [-0.39, 0.29) is 6.61 Å². The summed E-state index contributed by atoms with van der Waals surface area (Å²) in [6.07, 6.45) is 1.62. The Labute approximate surface area is 87.8 Å². The minimum absolute atomic E-state index is 0.0184. The monoisotopic (exact) mass is 202 g/mol. The van der Waals surface area contributed by atoms with E-state index in [9.17, 15) is 5.11 Å². The Morgan fingerprint density at radius 1 is 1.21 bits per heavy atom. The standard InChI is InChI=1S/C11H24NO2/c1-10(2)8-12-11(3)9-14-7-5-4-6-13/h10-12H,4-9H2,1-3H3. The van der Waals surface area contributed by atoms with E-state index in [0.29, 0.717) is 12.0 Å². The molecule has 1 radical (unpaired) electrons. The van der Waals surface area contributed by atoms with Gasteiger partial charge in [-0.3, -0.25) is 0 Å². The third-order valence-electron chi connectivity index (χ3n) is 1.93. The van der Waals surface area contributed by atoms with Crippen molar-refractivity contribution in [3.63, 3.8) is 0 Å². The van der Waals surface area contributed by atoms with Gasteiger partial charge < -0.3 is 10.1 Å². The van der Waals surface area contributed by atoms with E-state index in [1.54, 1.807) is 0 Å². The first kappa shape index (κ1) is 13.9. The average molecular weight is 202 g/mol. The van der Waals surface area contributed by atoms with Gasteiger partial charge in [0.25, 0.3) is 0 Å². The first-order valence-electron chi connectivity index (χ1n) is 5.56. The van der Waals surface area contributed by atoms with Crippen molar-refractivity contribution in [2.75, 3.05) is 26.4 Å². The van der Waals surface area contributed by atoms with Crippen molar-refractivity contribution in [3.05, 3.63) is 0 Å². The van der Waals surface area contributed by atoms with E-state index >= 15 is 0 Å². The lowest BCUT2D eigenvalue weighted by Crippen LogP contribution is -2.33. The number of hydrogen-bond acceptors (Lipinski definition) is 2. The van der Waals surface area contributed by atoms with Crippen LogP contribution < -0.4 is 5.32 Å². The molecule has 0 aliphatic carbocycles. The summed E-state index contributed by atoms with van der Waals surface area (Å²) < 4.78 is 5.43. The van der Waals surface area contributed by atoms with Crippen LogP contribution in [-0.4, -0.2) is 32.4 Å². The predicted octanol–water partition coefficient (Wildman–Crippen LogP) is 1.85. The quantitative estimate of drug-likeness (QED) is 0.580. The Morgan fingerprint density at radius 2 is 1.93 bits per heavy atom. The van der Waals surface area contributed by atoms with Crippen LogP contribution in [0.4, 0.5) is 0 Å². The summed E-state index contributed by atoms with van der Waals surface area (Å²) in [7, 11) is 0. The number of rotatable bonds is 9. The van der Waals surface area contributed by atoms with E-state index < -0.39 is 0 Å². The number of ether oxygens (including phenoxy) is 1. The molecule has 0 heterocycles. The summed E-state index contributed by atoms with van der Waals surface area (Å²) in [5.74, 6) is 0.679. The lowest BCUT2D eigenvalue weighted by Gasteiger charge is -2.15. The second-order valence-electron chi connectivity index (χ2n) is 4.19. The van der Waals surface area contributed by atoms with Gasteiger partial charge in [0.2, 0.25) is 0 Å². The van der Waals surface area contributed by atoms with Crippen LogP contribution in [0.5, 0.6) is 0 Å². The van der Waals surface area contributed by atoms with Crippen molar-refractivity contribution in [1.82, 2.24) is 5.32 Å². The molecule has 0 aliphatic rings. The van der Waals surface area contributed by atoms with Gasteiger partial charge in [-0.2, -0.15) is 0 Å². The van der Waals surface area contributed by atoms with Gasteiger partial charge in [0.1, 0.15) is 0 Å². The SMILES string of the molecule is CC(C)CNC(C)COCCCC[O]. The first-order chi connectivity index (χ1) is 6.66. The van der Waals surface area contributed by atoms with Crippen LogP contribution in [0.1, 0.15) is 33.6 Å². The molecule has 0 aliphatic heterocycles. The highest BCUT2D eigenvalue weighted by Gasteiger charge is 2.01. The fraction of sp³-hybridized carbons (Fsp3) is 1.00. The van der Waals surface area contributed by atoms with Gasteiger partial charge in [-0.25, -0.2) is 5.11 Å². The van der Waals surface area contributed by atoms with Crippen LogP contribution in [0.3, 0.4) is 0 Å². The highest BCUT2D eigenvalue weighted by molar-refractivity contribution is 4.60. The summed E-state index contributed by atoms with van der Waals surface area (Å²) in [6.45, 7) is 9.01. The zero-order valence-corrected chi connectivity index (χ0v) is 9.71. The maximum absolute atomic E-state index is 10.1. The zero-order chi connectivity index (χ0) is 10.8. The highest BCUT2D eigenvalue weighted by Crippen LogP contribution is 1.93. The number of unbranched alkanes of at least 4 members (excludes halogenated alkanes) is 1. The van der Waals surface area contributed by atoms with Crippen molar-refractivity contribution in [1.29, 1.82) is 0 Å². The van der Waals surface area contributed by atoms with Crippen molar-refractivity contribution >= 4 is 0 Å². The zero-order valence-electron chi connectivity index (χ0n) is 9.71. The molecule has 0 bridgehead atoms. The van der Waals surface area contributed by atoms with E-state index in [0.717, 1.165) is 32.6 Å². The lowest BCUT2D eigenvalue weighted by atomic mass is 10.2. The van der Waals surface area contributed by atoms with E-state index in [2.05, 4.69) is 26.1 Å². The molecule has 1 N–H and O–H groups in total. The minimum atomic E-state index is 0.0184. The van der Waals surface area contributed by atoms with Crippen LogP contribution in [0, 0.1) is 5.92 Å². The molecule has 0 aromatic heterocycles. The smallest absolute Gasteiger partial charge is 0.0823 e. The normalized spacial score (nSPS) is 13.5. The molecule has 1 atom stereocenters. The van der Waals surface area contributed by atoms with E-state index in [1.807, 2.05) is 0 Å². The summed E-state index contributed by atoms with van der Waals surface area (Å²) in [5.41, 5.74) is 0.